The first-order valence-corrected chi connectivity index (χ1v) is 5.58. The van der Waals surface area contributed by atoms with Gasteiger partial charge in [0.1, 0.15) is 0 Å². The molecular weight excluding hydrogens is 178 g/mol. The minimum atomic E-state index is -0.175. The van der Waals surface area contributed by atoms with Crippen molar-refractivity contribution < 1.29 is 9.84 Å². The van der Waals surface area contributed by atoms with Crippen molar-refractivity contribution in [1.29, 1.82) is 0 Å². The molecule has 3 unspecified atom stereocenters. The summed E-state index contributed by atoms with van der Waals surface area (Å²) in [5.74, 6) is 0.446. The third-order valence-corrected chi connectivity index (χ3v) is 3.35. The molecule has 1 aliphatic heterocycles. The van der Waals surface area contributed by atoms with E-state index in [4.69, 9.17) is 4.74 Å². The van der Waals surface area contributed by atoms with Crippen LogP contribution < -0.4 is 5.32 Å². The fourth-order valence-corrected chi connectivity index (χ4v) is 1.99. The second-order valence-corrected chi connectivity index (χ2v) is 4.59. The van der Waals surface area contributed by atoms with Crippen LogP contribution >= 0.6 is 0 Å². The minimum Gasteiger partial charge on any atom is -0.394 e. The zero-order chi connectivity index (χ0) is 10.6. The maximum Gasteiger partial charge on any atom is 0.0614 e. The van der Waals surface area contributed by atoms with Crippen LogP contribution in [-0.2, 0) is 4.74 Å². The molecule has 1 saturated heterocycles. The molecule has 1 aliphatic rings. The van der Waals surface area contributed by atoms with Gasteiger partial charge in [0.2, 0.25) is 0 Å². The number of aliphatic hydroxyl groups is 1. The van der Waals surface area contributed by atoms with Gasteiger partial charge in [-0.2, -0.15) is 0 Å². The highest BCUT2D eigenvalue weighted by molar-refractivity contribution is 4.93. The van der Waals surface area contributed by atoms with Gasteiger partial charge in [-0.1, -0.05) is 6.92 Å². The summed E-state index contributed by atoms with van der Waals surface area (Å²) in [6.07, 6.45) is 2.14. The second-order valence-electron chi connectivity index (χ2n) is 4.59. The second kappa shape index (κ2) is 5.10. The summed E-state index contributed by atoms with van der Waals surface area (Å²) in [5.41, 5.74) is -0.175. The van der Waals surface area contributed by atoms with Crippen LogP contribution in [0.3, 0.4) is 0 Å². The fourth-order valence-electron chi connectivity index (χ4n) is 1.99. The molecule has 0 radical (unpaired) electrons. The maximum absolute atomic E-state index is 9.47. The molecular formula is C11H23NO2. The SMILES string of the molecule is CCC(C)NC(C)(CO)C1CCOC1. The van der Waals surface area contributed by atoms with Gasteiger partial charge in [0.05, 0.1) is 13.2 Å². The van der Waals surface area contributed by atoms with Gasteiger partial charge in [0, 0.05) is 24.1 Å². The Kier molecular flexibility index (Phi) is 4.35. The molecule has 14 heavy (non-hydrogen) atoms. The lowest BCUT2D eigenvalue weighted by molar-refractivity contribution is 0.0916. The van der Waals surface area contributed by atoms with E-state index in [-0.39, 0.29) is 12.1 Å². The van der Waals surface area contributed by atoms with E-state index in [1.165, 1.54) is 0 Å². The van der Waals surface area contributed by atoms with E-state index >= 15 is 0 Å². The molecule has 0 amide bonds. The molecule has 3 atom stereocenters. The summed E-state index contributed by atoms with van der Waals surface area (Å²) in [4.78, 5) is 0. The van der Waals surface area contributed by atoms with Crippen molar-refractivity contribution in [3.05, 3.63) is 0 Å². The maximum atomic E-state index is 9.47. The van der Waals surface area contributed by atoms with Gasteiger partial charge in [0.25, 0.3) is 0 Å². The Morgan fingerprint density at radius 1 is 1.64 bits per heavy atom. The third-order valence-electron chi connectivity index (χ3n) is 3.35. The van der Waals surface area contributed by atoms with Gasteiger partial charge >= 0.3 is 0 Å². The topological polar surface area (TPSA) is 41.5 Å². The molecule has 2 N–H and O–H groups in total. The van der Waals surface area contributed by atoms with E-state index in [0.29, 0.717) is 12.0 Å². The molecule has 0 aromatic heterocycles. The lowest BCUT2D eigenvalue weighted by atomic mass is 9.85. The average Bonchev–Trinajstić information content (AvgIpc) is 2.70. The quantitative estimate of drug-likeness (QED) is 0.701. The number of nitrogens with one attached hydrogen (secondary N) is 1. The molecule has 1 rings (SSSR count). The monoisotopic (exact) mass is 201 g/mol. The van der Waals surface area contributed by atoms with E-state index in [9.17, 15) is 5.11 Å². The van der Waals surface area contributed by atoms with Crippen LogP contribution in [0.5, 0.6) is 0 Å². The summed E-state index contributed by atoms with van der Waals surface area (Å²) < 4.78 is 5.37. The van der Waals surface area contributed by atoms with Crippen LogP contribution in [0, 0.1) is 5.92 Å². The summed E-state index contributed by atoms with van der Waals surface area (Å²) in [5, 5.41) is 13.0. The molecule has 0 aliphatic carbocycles. The molecule has 84 valence electrons. The molecule has 1 fully saturated rings. The van der Waals surface area contributed by atoms with E-state index < -0.39 is 0 Å². The van der Waals surface area contributed by atoms with Crippen molar-refractivity contribution in [1.82, 2.24) is 5.32 Å². The lowest BCUT2D eigenvalue weighted by Gasteiger charge is -2.36. The molecule has 0 spiro atoms. The highest BCUT2D eigenvalue weighted by atomic mass is 16.5. The predicted octanol–water partition coefficient (Wildman–Crippen LogP) is 1.16. The Bertz CT molecular complexity index is 169. The Labute approximate surface area is 86.8 Å². The minimum absolute atomic E-state index is 0.175. The van der Waals surface area contributed by atoms with Crippen LogP contribution in [0.4, 0.5) is 0 Å². The summed E-state index contributed by atoms with van der Waals surface area (Å²) >= 11 is 0. The van der Waals surface area contributed by atoms with Crippen LogP contribution in [-0.4, -0.2) is 36.5 Å². The van der Waals surface area contributed by atoms with Gasteiger partial charge in [-0.3, -0.25) is 0 Å². The Morgan fingerprint density at radius 2 is 2.36 bits per heavy atom. The van der Waals surface area contributed by atoms with Crippen molar-refractivity contribution in [3.63, 3.8) is 0 Å². The summed E-state index contributed by atoms with van der Waals surface area (Å²) in [7, 11) is 0. The van der Waals surface area contributed by atoms with Crippen LogP contribution in [0.15, 0.2) is 0 Å². The van der Waals surface area contributed by atoms with Gasteiger partial charge in [-0.15, -0.1) is 0 Å². The number of hydrogen-bond acceptors (Lipinski definition) is 3. The van der Waals surface area contributed by atoms with Gasteiger partial charge < -0.3 is 15.2 Å². The Morgan fingerprint density at radius 3 is 2.79 bits per heavy atom. The number of hydrogen-bond donors (Lipinski definition) is 2. The third kappa shape index (κ3) is 2.69. The first kappa shape index (κ1) is 12.0. The average molecular weight is 201 g/mol. The molecule has 0 aromatic carbocycles. The predicted molar refractivity (Wildman–Crippen MR) is 57.3 cm³/mol. The molecule has 0 aromatic rings. The molecule has 0 saturated carbocycles. The fraction of sp³-hybridized carbons (Fsp3) is 1.00. The van der Waals surface area contributed by atoms with E-state index in [0.717, 1.165) is 26.1 Å². The molecule has 0 bridgehead atoms. The van der Waals surface area contributed by atoms with Crippen molar-refractivity contribution >= 4 is 0 Å². The van der Waals surface area contributed by atoms with E-state index in [1.54, 1.807) is 0 Å². The van der Waals surface area contributed by atoms with Gasteiger partial charge in [-0.25, -0.2) is 0 Å². The normalized spacial score (nSPS) is 28.7. The summed E-state index contributed by atoms with van der Waals surface area (Å²) in [6, 6.07) is 0.452. The highest BCUT2D eigenvalue weighted by Gasteiger charge is 2.36. The van der Waals surface area contributed by atoms with Crippen LogP contribution in [0.25, 0.3) is 0 Å². The zero-order valence-electron chi connectivity index (χ0n) is 9.55. The standard InChI is InChI=1S/C11H23NO2/c1-4-9(2)12-11(3,8-13)10-5-6-14-7-10/h9-10,12-13H,4-8H2,1-3H3. The lowest BCUT2D eigenvalue weighted by Crippen LogP contribution is -2.55. The number of ether oxygens (including phenoxy) is 1. The molecule has 1 heterocycles. The van der Waals surface area contributed by atoms with Crippen molar-refractivity contribution in [2.24, 2.45) is 5.92 Å². The first-order valence-electron chi connectivity index (χ1n) is 5.58. The zero-order valence-corrected chi connectivity index (χ0v) is 9.55. The van der Waals surface area contributed by atoms with E-state index in [1.807, 2.05) is 0 Å². The Balaban J connectivity index is 2.54. The first-order chi connectivity index (χ1) is 6.62. The van der Waals surface area contributed by atoms with Gasteiger partial charge in [-0.05, 0) is 26.7 Å². The van der Waals surface area contributed by atoms with Crippen molar-refractivity contribution in [3.8, 4) is 0 Å². The number of rotatable bonds is 5. The van der Waals surface area contributed by atoms with Crippen LogP contribution in [0.1, 0.15) is 33.6 Å². The van der Waals surface area contributed by atoms with E-state index in [2.05, 4.69) is 26.1 Å². The molecule has 3 nitrogen and oxygen atoms in total. The summed E-state index contributed by atoms with van der Waals surface area (Å²) in [6.45, 7) is 8.21. The molecule has 3 heteroatoms. The van der Waals surface area contributed by atoms with Crippen molar-refractivity contribution in [2.75, 3.05) is 19.8 Å². The largest absolute Gasteiger partial charge is 0.394 e. The number of aliphatic hydroxyl groups excluding tert-OH is 1. The van der Waals surface area contributed by atoms with Gasteiger partial charge in [0.15, 0.2) is 0 Å². The smallest absolute Gasteiger partial charge is 0.0614 e. The van der Waals surface area contributed by atoms with Crippen molar-refractivity contribution in [2.45, 2.75) is 45.2 Å². The highest BCUT2D eigenvalue weighted by Crippen LogP contribution is 2.26. The van der Waals surface area contributed by atoms with Crippen LogP contribution in [0.2, 0.25) is 0 Å². The Hall–Kier alpha value is -0.120.